The average molecular weight is 385 g/mol. The number of rotatable bonds is 5. The number of hydrogen-bond donors (Lipinski definition) is 0. The lowest BCUT2D eigenvalue weighted by Crippen LogP contribution is -2.26. The van der Waals surface area contributed by atoms with Crippen molar-refractivity contribution in [2.45, 2.75) is 31.9 Å². The second kappa shape index (κ2) is 7.43. The third-order valence-electron chi connectivity index (χ3n) is 5.36. The first-order chi connectivity index (χ1) is 13.4. The summed E-state index contributed by atoms with van der Waals surface area (Å²) in [5.41, 5.74) is 3.92. The third-order valence-corrected chi connectivity index (χ3v) is 5.36. The molecule has 1 fully saturated rings. The first kappa shape index (κ1) is 18.7. The van der Waals surface area contributed by atoms with E-state index in [1.807, 2.05) is 28.8 Å². The van der Waals surface area contributed by atoms with E-state index in [0.717, 1.165) is 22.4 Å². The molecule has 1 aromatic heterocycles. The van der Waals surface area contributed by atoms with Gasteiger partial charge in [-0.15, -0.1) is 0 Å². The molecule has 3 nitrogen and oxygen atoms in total. The van der Waals surface area contributed by atoms with Crippen LogP contribution in [-0.2, 0) is 6.54 Å². The zero-order valence-electron chi connectivity index (χ0n) is 15.7. The van der Waals surface area contributed by atoms with Gasteiger partial charge in [0.2, 0.25) is 0 Å². The van der Waals surface area contributed by atoms with Crippen molar-refractivity contribution in [2.24, 2.45) is 0 Å². The molecule has 2 aromatic carbocycles. The van der Waals surface area contributed by atoms with E-state index in [1.54, 1.807) is 29.6 Å². The third kappa shape index (κ3) is 3.83. The number of aromatic nitrogens is 2. The Morgan fingerprint density at radius 1 is 1.11 bits per heavy atom. The highest BCUT2D eigenvalue weighted by Crippen LogP contribution is 2.32. The maximum Gasteiger partial charge on any atom is 0.261 e. The molecule has 1 atom stereocenters. The minimum atomic E-state index is -2.61. The van der Waals surface area contributed by atoms with E-state index in [-0.39, 0.29) is 24.8 Å². The molecule has 146 valence electrons. The highest BCUT2D eigenvalue weighted by atomic mass is 19.3. The lowest BCUT2D eigenvalue weighted by atomic mass is 9.95. The van der Waals surface area contributed by atoms with Crippen molar-refractivity contribution >= 4 is 0 Å². The van der Waals surface area contributed by atoms with Crippen molar-refractivity contribution in [3.05, 3.63) is 78.1 Å². The van der Waals surface area contributed by atoms with E-state index >= 15 is 0 Å². The molecule has 2 heterocycles. The molecule has 6 heteroatoms. The largest absolute Gasteiger partial charge is 0.326 e. The van der Waals surface area contributed by atoms with Crippen LogP contribution in [0.3, 0.4) is 0 Å². The Bertz CT molecular complexity index is 950. The summed E-state index contributed by atoms with van der Waals surface area (Å²) in [6, 6.07) is 14.4. The first-order valence-electron chi connectivity index (χ1n) is 9.39. The number of nitrogens with zero attached hydrogens (tertiary/aromatic N) is 3. The van der Waals surface area contributed by atoms with Gasteiger partial charge in [-0.25, -0.2) is 18.2 Å². The Morgan fingerprint density at radius 3 is 2.57 bits per heavy atom. The van der Waals surface area contributed by atoms with Crippen LogP contribution in [0.15, 0.2) is 61.1 Å². The SMILES string of the molecule is CC(c1ccccc1-c1ccc(F)cc1)n1cncc1CN1CCC(F)(F)C1. The number of alkyl halides is 2. The van der Waals surface area contributed by atoms with Gasteiger partial charge in [0.25, 0.3) is 5.92 Å². The summed E-state index contributed by atoms with van der Waals surface area (Å²) < 4.78 is 42.4. The number of halogens is 3. The summed E-state index contributed by atoms with van der Waals surface area (Å²) in [6.07, 6.45) is 3.40. The predicted molar refractivity (Wildman–Crippen MR) is 103 cm³/mol. The lowest BCUT2D eigenvalue weighted by Gasteiger charge is -2.22. The number of imidazole rings is 1. The number of benzene rings is 2. The van der Waals surface area contributed by atoms with Crippen molar-refractivity contribution in [3.8, 4) is 11.1 Å². The maximum absolute atomic E-state index is 13.5. The molecular formula is C22H22F3N3. The van der Waals surface area contributed by atoms with Crippen LogP contribution in [0.4, 0.5) is 13.2 Å². The van der Waals surface area contributed by atoms with Gasteiger partial charge in [0, 0.05) is 25.7 Å². The lowest BCUT2D eigenvalue weighted by molar-refractivity contribution is 0.0113. The minimum Gasteiger partial charge on any atom is -0.326 e. The van der Waals surface area contributed by atoms with Crippen molar-refractivity contribution < 1.29 is 13.2 Å². The van der Waals surface area contributed by atoms with Crippen LogP contribution in [0, 0.1) is 5.82 Å². The van der Waals surface area contributed by atoms with Crippen molar-refractivity contribution in [3.63, 3.8) is 0 Å². The summed E-state index contributed by atoms with van der Waals surface area (Å²) in [5.74, 6) is -2.88. The zero-order valence-corrected chi connectivity index (χ0v) is 15.7. The molecule has 28 heavy (non-hydrogen) atoms. The highest BCUT2D eigenvalue weighted by molar-refractivity contribution is 5.68. The Hall–Kier alpha value is -2.60. The summed E-state index contributed by atoms with van der Waals surface area (Å²) in [4.78, 5) is 6.03. The van der Waals surface area contributed by atoms with Gasteiger partial charge >= 0.3 is 0 Å². The van der Waals surface area contributed by atoms with E-state index in [0.29, 0.717) is 13.1 Å². The van der Waals surface area contributed by atoms with Gasteiger partial charge in [-0.1, -0.05) is 36.4 Å². The Kier molecular flexibility index (Phi) is 4.98. The van der Waals surface area contributed by atoms with Crippen LogP contribution in [0.5, 0.6) is 0 Å². The Morgan fingerprint density at radius 2 is 1.86 bits per heavy atom. The molecule has 0 bridgehead atoms. The van der Waals surface area contributed by atoms with Gasteiger partial charge in [0.1, 0.15) is 5.82 Å². The van der Waals surface area contributed by atoms with Crippen molar-refractivity contribution in [1.82, 2.24) is 14.5 Å². The second-order valence-electron chi connectivity index (χ2n) is 7.38. The van der Waals surface area contributed by atoms with E-state index in [4.69, 9.17) is 0 Å². The van der Waals surface area contributed by atoms with Gasteiger partial charge in [0.05, 0.1) is 24.6 Å². The molecule has 1 aliphatic rings. The molecule has 3 aromatic rings. The molecule has 1 saturated heterocycles. The molecule has 1 aliphatic heterocycles. The van der Waals surface area contributed by atoms with Gasteiger partial charge in [-0.3, -0.25) is 4.90 Å². The van der Waals surface area contributed by atoms with Crippen LogP contribution < -0.4 is 0 Å². The molecule has 0 spiro atoms. The molecule has 1 unspecified atom stereocenters. The molecule has 0 radical (unpaired) electrons. The Balaban J connectivity index is 1.62. The fourth-order valence-corrected chi connectivity index (χ4v) is 3.88. The summed E-state index contributed by atoms with van der Waals surface area (Å²) in [6.45, 7) is 2.68. The summed E-state index contributed by atoms with van der Waals surface area (Å²) >= 11 is 0. The molecule has 0 amide bonds. The maximum atomic E-state index is 13.5. The van der Waals surface area contributed by atoms with Crippen molar-refractivity contribution in [2.75, 3.05) is 13.1 Å². The quantitative estimate of drug-likeness (QED) is 0.606. The summed E-state index contributed by atoms with van der Waals surface area (Å²) in [7, 11) is 0. The fraction of sp³-hybridized carbons (Fsp3) is 0.318. The second-order valence-corrected chi connectivity index (χ2v) is 7.38. The van der Waals surface area contributed by atoms with E-state index in [2.05, 4.69) is 11.9 Å². The minimum absolute atomic E-state index is 0.0399. The van der Waals surface area contributed by atoms with Crippen LogP contribution in [-0.4, -0.2) is 33.5 Å². The number of hydrogen-bond acceptors (Lipinski definition) is 2. The molecular weight excluding hydrogens is 363 g/mol. The Labute approximate surface area is 162 Å². The molecule has 0 saturated carbocycles. The zero-order chi connectivity index (χ0) is 19.7. The monoisotopic (exact) mass is 385 g/mol. The highest BCUT2D eigenvalue weighted by Gasteiger charge is 2.38. The van der Waals surface area contributed by atoms with E-state index in [1.165, 1.54) is 12.1 Å². The fourth-order valence-electron chi connectivity index (χ4n) is 3.88. The summed E-state index contributed by atoms with van der Waals surface area (Å²) in [5, 5.41) is 0. The van der Waals surface area contributed by atoms with Gasteiger partial charge < -0.3 is 4.57 Å². The molecule has 0 aliphatic carbocycles. The van der Waals surface area contributed by atoms with Gasteiger partial charge in [0.15, 0.2) is 0 Å². The van der Waals surface area contributed by atoms with Crippen LogP contribution >= 0.6 is 0 Å². The van der Waals surface area contributed by atoms with Gasteiger partial charge in [-0.05, 0) is 35.7 Å². The number of likely N-dealkylation sites (tertiary alicyclic amines) is 1. The normalized spacial score (nSPS) is 17.7. The smallest absolute Gasteiger partial charge is 0.261 e. The van der Waals surface area contributed by atoms with E-state index < -0.39 is 5.92 Å². The molecule has 0 N–H and O–H groups in total. The van der Waals surface area contributed by atoms with Crippen LogP contribution in [0.2, 0.25) is 0 Å². The average Bonchev–Trinajstić information content (AvgIpc) is 3.28. The topological polar surface area (TPSA) is 21.1 Å². The standard InChI is InChI=1S/C22H22F3N3/c1-16(20-4-2-3-5-21(20)17-6-8-18(23)9-7-17)28-15-26-12-19(28)13-27-11-10-22(24,25)14-27/h2-9,12,15-16H,10-11,13-14H2,1H3. The first-order valence-corrected chi connectivity index (χ1v) is 9.39. The van der Waals surface area contributed by atoms with Crippen LogP contribution in [0.1, 0.15) is 30.6 Å². The van der Waals surface area contributed by atoms with Crippen molar-refractivity contribution in [1.29, 1.82) is 0 Å². The van der Waals surface area contributed by atoms with E-state index in [9.17, 15) is 13.2 Å². The predicted octanol–water partition coefficient (Wildman–Crippen LogP) is 5.14. The van der Waals surface area contributed by atoms with Crippen LogP contribution in [0.25, 0.3) is 11.1 Å². The van der Waals surface area contributed by atoms with Gasteiger partial charge in [-0.2, -0.15) is 0 Å². The molecule has 4 rings (SSSR count).